The number of amides is 1. The Morgan fingerprint density at radius 3 is 2.62 bits per heavy atom. The molecule has 2 heterocycles. The van der Waals surface area contributed by atoms with Crippen molar-refractivity contribution in [3.8, 4) is 5.88 Å². The first kappa shape index (κ1) is 20.3. The number of alkyl halides is 3. The fourth-order valence-corrected chi connectivity index (χ4v) is 3.12. The highest BCUT2D eigenvalue weighted by molar-refractivity contribution is 7.87. The number of hydrogen-bond donors (Lipinski definition) is 0. The lowest BCUT2D eigenvalue weighted by atomic mass is 10.0. The molecule has 1 aliphatic rings. The number of ether oxygens (including phenoxy) is 1. The van der Waals surface area contributed by atoms with Crippen molar-refractivity contribution in [2.24, 2.45) is 7.05 Å². The SMILES string of the molecule is CCCCOC(=O)N1CCc2c(nn(C)c2OS(=O)(=O)C(F)(F)F)C1C. The maximum absolute atomic E-state index is 12.6. The lowest BCUT2D eigenvalue weighted by Crippen LogP contribution is -2.39. The number of halogens is 3. The van der Waals surface area contributed by atoms with Crippen molar-refractivity contribution >= 4 is 16.2 Å². The van der Waals surface area contributed by atoms with E-state index in [2.05, 4.69) is 9.28 Å². The van der Waals surface area contributed by atoms with E-state index < -0.39 is 33.6 Å². The van der Waals surface area contributed by atoms with Crippen molar-refractivity contribution in [2.45, 2.75) is 44.7 Å². The average Bonchev–Trinajstić information content (AvgIpc) is 2.83. The van der Waals surface area contributed by atoms with Crippen molar-refractivity contribution in [3.63, 3.8) is 0 Å². The molecule has 1 aromatic rings. The molecule has 26 heavy (non-hydrogen) atoms. The standard InChI is InChI=1S/C14H20F3N3O5S/c1-4-5-8-24-13(21)20-7-6-10-11(9(20)2)18-19(3)12(10)25-26(22,23)14(15,16)17/h9H,4-8H2,1-3H3. The molecule has 2 rings (SSSR count). The molecule has 1 aliphatic heterocycles. The van der Waals surface area contributed by atoms with Crippen LogP contribution in [0, 0.1) is 0 Å². The molecule has 8 nitrogen and oxygen atoms in total. The van der Waals surface area contributed by atoms with E-state index in [9.17, 15) is 26.4 Å². The van der Waals surface area contributed by atoms with Crippen molar-refractivity contribution in [2.75, 3.05) is 13.2 Å². The quantitative estimate of drug-likeness (QED) is 0.429. The molecule has 0 saturated carbocycles. The van der Waals surface area contributed by atoms with E-state index in [1.165, 1.54) is 11.9 Å². The number of fused-ring (bicyclic) bond motifs is 1. The Kier molecular flexibility index (Phi) is 5.73. The van der Waals surface area contributed by atoms with Gasteiger partial charge in [0, 0.05) is 19.2 Å². The highest BCUT2D eigenvalue weighted by atomic mass is 32.2. The Hall–Kier alpha value is -1.98. The van der Waals surface area contributed by atoms with Crippen LogP contribution in [0.25, 0.3) is 0 Å². The van der Waals surface area contributed by atoms with Crippen LogP contribution < -0.4 is 4.18 Å². The Morgan fingerprint density at radius 2 is 2.04 bits per heavy atom. The molecule has 0 spiro atoms. The second-order valence-electron chi connectivity index (χ2n) is 5.86. The van der Waals surface area contributed by atoms with Gasteiger partial charge in [0.15, 0.2) is 0 Å². The number of rotatable bonds is 5. The van der Waals surface area contributed by atoms with Gasteiger partial charge in [0.05, 0.1) is 18.3 Å². The zero-order valence-electron chi connectivity index (χ0n) is 14.5. The van der Waals surface area contributed by atoms with Crippen LogP contribution in [0.15, 0.2) is 0 Å². The van der Waals surface area contributed by atoms with E-state index in [1.54, 1.807) is 6.92 Å². The number of carbonyl (C=O) groups is 1. The van der Waals surface area contributed by atoms with Gasteiger partial charge in [-0.05, 0) is 19.8 Å². The van der Waals surface area contributed by atoms with E-state index in [4.69, 9.17) is 4.74 Å². The van der Waals surface area contributed by atoms with Gasteiger partial charge >= 0.3 is 21.7 Å². The van der Waals surface area contributed by atoms with E-state index in [0.717, 1.165) is 17.5 Å². The summed E-state index contributed by atoms with van der Waals surface area (Å²) in [5.74, 6) is -0.497. The minimum Gasteiger partial charge on any atom is -0.449 e. The topological polar surface area (TPSA) is 90.7 Å². The summed E-state index contributed by atoms with van der Waals surface area (Å²) < 4.78 is 70.6. The van der Waals surface area contributed by atoms with Gasteiger partial charge in [-0.25, -0.2) is 9.48 Å². The van der Waals surface area contributed by atoms with Crippen molar-refractivity contribution < 1.29 is 35.3 Å². The summed E-state index contributed by atoms with van der Waals surface area (Å²) in [6, 6.07) is -0.593. The van der Waals surface area contributed by atoms with Gasteiger partial charge in [0.1, 0.15) is 0 Å². The van der Waals surface area contributed by atoms with Crippen LogP contribution in [-0.2, 0) is 28.3 Å². The summed E-state index contributed by atoms with van der Waals surface area (Å²) in [5, 5.41) is 4.04. The van der Waals surface area contributed by atoms with Crippen molar-refractivity contribution in [1.82, 2.24) is 14.7 Å². The van der Waals surface area contributed by atoms with Crippen LogP contribution in [0.2, 0.25) is 0 Å². The molecule has 0 aliphatic carbocycles. The van der Waals surface area contributed by atoms with Crippen LogP contribution in [0.3, 0.4) is 0 Å². The third-order valence-electron chi connectivity index (χ3n) is 4.01. The zero-order valence-corrected chi connectivity index (χ0v) is 15.4. The number of hydrogen-bond acceptors (Lipinski definition) is 6. The van der Waals surface area contributed by atoms with E-state index >= 15 is 0 Å². The van der Waals surface area contributed by atoms with E-state index in [-0.39, 0.29) is 30.8 Å². The van der Waals surface area contributed by atoms with Crippen molar-refractivity contribution in [3.05, 3.63) is 11.3 Å². The highest BCUT2D eigenvalue weighted by Gasteiger charge is 2.50. The smallest absolute Gasteiger partial charge is 0.449 e. The van der Waals surface area contributed by atoms with Crippen LogP contribution in [0.5, 0.6) is 5.88 Å². The minimum absolute atomic E-state index is 0.0963. The Balaban J connectivity index is 2.24. The number of aryl methyl sites for hydroxylation is 1. The lowest BCUT2D eigenvalue weighted by Gasteiger charge is -2.31. The molecule has 1 aromatic heterocycles. The molecule has 0 saturated heterocycles. The normalized spacial score (nSPS) is 17.8. The maximum Gasteiger partial charge on any atom is 0.534 e. The van der Waals surface area contributed by atoms with Gasteiger partial charge in [0.2, 0.25) is 5.88 Å². The summed E-state index contributed by atoms with van der Waals surface area (Å²) >= 11 is 0. The monoisotopic (exact) mass is 399 g/mol. The van der Waals surface area contributed by atoms with Crippen LogP contribution in [0.4, 0.5) is 18.0 Å². The highest BCUT2D eigenvalue weighted by Crippen LogP contribution is 2.36. The number of unbranched alkanes of at least 4 members (excludes halogenated alkanes) is 1. The predicted octanol–water partition coefficient (Wildman–Crippen LogP) is 2.50. The van der Waals surface area contributed by atoms with Gasteiger partial charge < -0.3 is 8.92 Å². The molecule has 0 N–H and O–H groups in total. The van der Waals surface area contributed by atoms with Crippen LogP contribution >= 0.6 is 0 Å². The van der Waals surface area contributed by atoms with Gasteiger partial charge in [-0.3, -0.25) is 4.90 Å². The summed E-state index contributed by atoms with van der Waals surface area (Å²) in [6.45, 7) is 4.00. The summed E-state index contributed by atoms with van der Waals surface area (Å²) in [7, 11) is -4.53. The second-order valence-corrected chi connectivity index (χ2v) is 7.40. The Morgan fingerprint density at radius 1 is 1.38 bits per heavy atom. The zero-order chi connectivity index (χ0) is 19.7. The molecular formula is C14H20F3N3O5S. The molecule has 0 radical (unpaired) electrons. The fourth-order valence-electron chi connectivity index (χ4n) is 2.61. The Bertz CT molecular complexity index is 776. The second kappa shape index (κ2) is 7.33. The molecule has 0 bridgehead atoms. The number of carbonyl (C=O) groups excluding carboxylic acids is 1. The molecule has 1 unspecified atom stereocenters. The van der Waals surface area contributed by atoms with Crippen molar-refractivity contribution in [1.29, 1.82) is 0 Å². The molecule has 148 valence electrons. The summed E-state index contributed by atoms with van der Waals surface area (Å²) in [4.78, 5) is 13.5. The number of aromatic nitrogens is 2. The molecule has 0 aromatic carbocycles. The molecule has 1 atom stereocenters. The molecule has 0 fully saturated rings. The fraction of sp³-hybridized carbons (Fsp3) is 0.714. The average molecular weight is 399 g/mol. The van der Waals surface area contributed by atoms with Gasteiger partial charge in [-0.2, -0.15) is 26.7 Å². The summed E-state index contributed by atoms with van der Waals surface area (Å²) in [5.41, 5.74) is -5.04. The van der Waals surface area contributed by atoms with E-state index in [1.807, 2.05) is 6.92 Å². The largest absolute Gasteiger partial charge is 0.534 e. The first-order valence-corrected chi connectivity index (χ1v) is 9.40. The first-order valence-electron chi connectivity index (χ1n) is 7.99. The lowest BCUT2D eigenvalue weighted by molar-refractivity contribution is -0.0502. The molecular weight excluding hydrogens is 379 g/mol. The van der Waals surface area contributed by atoms with Gasteiger partial charge in [-0.1, -0.05) is 13.3 Å². The third-order valence-corrected chi connectivity index (χ3v) is 4.96. The predicted molar refractivity (Wildman–Crippen MR) is 83.9 cm³/mol. The Labute approximate surface area is 149 Å². The van der Waals surface area contributed by atoms with Crippen LogP contribution in [-0.4, -0.2) is 47.9 Å². The third kappa shape index (κ3) is 3.89. The maximum atomic E-state index is 12.6. The molecule has 1 amide bonds. The minimum atomic E-state index is -5.81. The molecule has 12 heteroatoms. The summed E-state index contributed by atoms with van der Waals surface area (Å²) in [6.07, 6.45) is 1.13. The number of nitrogens with zero attached hydrogens (tertiary/aromatic N) is 3. The first-order chi connectivity index (χ1) is 12.0. The van der Waals surface area contributed by atoms with Gasteiger partial charge in [0.25, 0.3) is 0 Å². The van der Waals surface area contributed by atoms with Gasteiger partial charge in [-0.15, -0.1) is 0 Å². The van der Waals surface area contributed by atoms with Crippen LogP contribution in [0.1, 0.15) is 44.0 Å². The van der Waals surface area contributed by atoms with E-state index in [0.29, 0.717) is 0 Å².